The number of nitriles is 1. The maximum Gasteiger partial charge on any atom is 0.137 e. The number of nitrogens with zero attached hydrogens (tertiary/aromatic N) is 4. The zero-order valence-corrected chi connectivity index (χ0v) is 17.4. The monoisotopic (exact) mass is 431 g/mol. The first kappa shape index (κ1) is 21.9. The summed E-state index contributed by atoms with van der Waals surface area (Å²) < 4.78 is 29.3. The minimum atomic E-state index is -1.75. The Bertz CT molecular complexity index is 1020. The average molecular weight is 432 g/mol. The van der Waals surface area contributed by atoms with Crippen LogP contribution in [0.2, 0.25) is 0 Å². The minimum absolute atomic E-state index is 0.0647. The highest BCUT2D eigenvalue weighted by atomic mass is 32.1. The summed E-state index contributed by atoms with van der Waals surface area (Å²) in [6.45, 7) is 1.94. The van der Waals surface area contributed by atoms with Crippen LogP contribution in [0, 0.1) is 23.0 Å². The maximum atomic E-state index is 14.5. The van der Waals surface area contributed by atoms with Crippen molar-refractivity contribution in [1.82, 2.24) is 14.8 Å². The predicted octanol–water partition coefficient (Wildman–Crippen LogP) is 4.22. The molecule has 2 aromatic heterocycles. The van der Waals surface area contributed by atoms with Gasteiger partial charge in [-0.1, -0.05) is 25.8 Å². The molecule has 0 bridgehead atoms. The SMILES string of the molecule is CCCCCc1cc(C#N)c(NCC(O)(Cn2cncn2)c2ccc(F)cc2F)s1. The minimum Gasteiger partial charge on any atom is -0.381 e. The largest absolute Gasteiger partial charge is 0.381 e. The fraction of sp³-hybridized carbons (Fsp3) is 0.381. The lowest BCUT2D eigenvalue weighted by molar-refractivity contribution is 0.0248. The molecule has 30 heavy (non-hydrogen) atoms. The molecule has 9 heteroatoms. The number of aryl methyl sites for hydroxylation is 1. The molecular weight excluding hydrogens is 408 g/mol. The lowest BCUT2D eigenvalue weighted by Crippen LogP contribution is -2.39. The maximum absolute atomic E-state index is 14.5. The molecule has 0 amide bonds. The first-order valence-corrected chi connectivity index (χ1v) is 10.5. The first-order valence-electron chi connectivity index (χ1n) is 9.72. The van der Waals surface area contributed by atoms with Gasteiger partial charge in [-0.15, -0.1) is 11.3 Å². The number of aliphatic hydroxyl groups is 1. The topological polar surface area (TPSA) is 86.8 Å². The average Bonchev–Trinajstić information content (AvgIpc) is 3.36. The van der Waals surface area contributed by atoms with Crippen LogP contribution in [-0.4, -0.2) is 26.4 Å². The van der Waals surface area contributed by atoms with Gasteiger partial charge in [0.2, 0.25) is 0 Å². The summed E-state index contributed by atoms with van der Waals surface area (Å²) in [4.78, 5) is 4.93. The molecule has 158 valence electrons. The summed E-state index contributed by atoms with van der Waals surface area (Å²) >= 11 is 1.45. The molecule has 0 aliphatic carbocycles. The van der Waals surface area contributed by atoms with Gasteiger partial charge in [-0.05, 0) is 25.0 Å². The summed E-state index contributed by atoms with van der Waals surface area (Å²) in [5.41, 5.74) is -1.33. The molecule has 0 saturated carbocycles. The van der Waals surface area contributed by atoms with Crippen molar-refractivity contribution in [1.29, 1.82) is 5.26 Å². The molecule has 0 spiro atoms. The number of hydrogen-bond donors (Lipinski definition) is 2. The third-order valence-corrected chi connectivity index (χ3v) is 5.95. The summed E-state index contributed by atoms with van der Waals surface area (Å²) in [5.74, 6) is -1.58. The Morgan fingerprint density at radius 1 is 1.30 bits per heavy atom. The van der Waals surface area contributed by atoms with Gasteiger partial charge in [0.05, 0.1) is 18.7 Å². The van der Waals surface area contributed by atoms with Gasteiger partial charge in [0.25, 0.3) is 0 Å². The molecule has 0 aliphatic heterocycles. The van der Waals surface area contributed by atoms with E-state index < -0.39 is 17.2 Å². The van der Waals surface area contributed by atoms with Crippen molar-refractivity contribution >= 4 is 16.3 Å². The number of rotatable bonds is 10. The number of benzene rings is 1. The lowest BCUT2D eigenvalue weighted by atomic mass is 9.93. The van der Waals surface area contributed by atoms with Gasteiger partial charge >= 0.3 is 0 Å². The van der Waals surface area contributed by atoms with E-state index in [0.29, 0.717) is 10.6 Å². The van der Waals surface area contributed by atoms with Gasteiger partial charge in [-0.3, -0.25) is 0 Å². The summed E-state index contributed by atoms with van der Waals surface area (Å²) in [5, 5.41) is 28.5. The normalized spacial score (nSPS) is 13.0. The molecule has 3 rings (SSSR count). The Labute approximate surface area is 177 Å². The molecular formula is C21H23F2N5OS. The van der Waals surface area contributed by atoms with E-state index in [9.17, 15) is 19.1 Å². The smallest absolute Gasteiger partial charge is 0.137 e. The fourth-order valence-electron chi connectivity index (χ4n) is 3.24. The van der Waals surface area contributed by atoms with Crippen molar-refractivity contribution < 1.29 is 13.9 Å². The highest BCUT2D eigenvalue weighted by Crippen LogP contribution is 2.32. The second-order valence-corrected chi connectivity index (χ2v) is 8.26. The lowest BCUT2D eigenvalue weighted by Gasteiger charge is -2.29. The van der Waals surface area contributed by atoms with E-state index >= 15 is 0 Å². The number of halogens is 2. The third-order valence-electron chi connectivity index (χ3n) is 4.79. The number of hydrogen-bond acceptors (Lipinski definition) is 6. The van der Waals surface area contributed by atoms with Crippen molar-refractivity contribution in [3.63, 3.8) is 0 Å². The zero-order valence-electron chi connectivity index (χ0n) is 16.6. The molecule has 6 nitrogen and oxygen atoms in total. The van der Waals surface area contributed by atoms with Gasteiger partial charge in [0, 0.05) is 16.5 Å². The molecule has 1 aromatic carbocycles. The van der Waals surface area contributed by atoms with Crippen molar-refractivity contribution in [3.8, 4) is 6.07 Å². The van der Waals surface area contributed by atoms with Crippen LogP contribution in [0.5, 0.6) is 0 Å². The van der Waals surface area contributed by atoms with Crippen molar-refractivity contribution in [2.24, 2.45) is 0 Å². The Kier molecular flexibility index (Phi) is 7.13. The van der Waals surface area contributed by atoms with E-state index in [1.807, 2.05) is 6.07 Å². The van der Waals surface area contributed by atoms with Crippen LogP contribution in [-0.2, 0) is 18.6 Å². The Morgan fingerprint density at radius 3 is 2.80 bits per heavy atom. The molecule has 2 N–H and O–H groups in total. The van der Waals surface area contributed by atoms with Crippen LogP contribution in [0.25, 0.3) is 0 Å². The van der Waals surface area contributed by atoms with Crippen molar-refractivity contribution in [3.05, 3.63) is 64.6 Å². The van der Waals surface area contributed by atoms with E-state index in [-0.39, 0.29) is 18.7 Å². The molecule has 2 heterocycles. The Morgan fingerprint density at radius 2 is 2.13 bits per heavy atom. The van der Waals surface area contributed by atoms with Gasteiger partial charge in [0.15, 0.2) is 0 Å². The molecule has 3 aromatic rings. The highest BCUT2D eigenvalue weighted by molar-refractivity contribution is 7.16. The predicted molar refractivity (Wildman–Crippen MR) is 111 cm³/mol. The number of thiophene rings is 1. The van der Waals surface area contributed by atoms with E-state index in [4.69, 9.17) is 0 Å². The summed E-state index contributed by atoms with van der Waals surface area (Å²) in [7, 11) is 0. The van der Waals surface area contributed by atoms with Crippen LogP contribution in [0.15, 0.2) is 36.9 Å². The van der Waals surface area contributed by atoms with E-state index in [2.05, 4.69) is 28.4 Å². The number of anilines is 1. The van der Waals surface area contributed by atoms with E-state index in [1.165, 1.54) is 34.7 Å². The zero-order chi connectivity index (χ0) is 21.6. The van der Waals surface area contributed by atoms with Crippen molar-refractivity contribution in [2.75, 3.05) is 11.9 Å². The Balaban J connectivity index is 1.84. The number of nitrogens with one attached hydrogen (secondary N) is 1. The number of unbranched alkanes of at least 4 members (excludes halogenated alkanes) is 2. The van der Waals surface area contributed by atoms with Gasteiger partial charge in [0.1, 0.15) is 41.0 Å². The standard InChI is InChI=1S/C21H23F2N5OS/c1-2-3-4-5-17-8-15(10-24)20(30-17)26-11-21(29,12-28-14-25-13-27-28)18-7-6-16(22)9-19(18)23/h6-9,13-14,26,29H,2-5,11-12H2,1H3. The first-order chi connectivity index (χ1) is 14.4. The molecule has 0 fully saturated rings. The molecule has 0 saturated heterocycles. The van der Waals surface area contributed by atoms with Crippen molar-refractivity contribution in [2.45, 2.75) is 44.8 Å². The van der Waals surface area contributed by atoms with E-state index in [0.717, 1.165) is 42.7 Å². The quantitative estimate of drug-likeness (QED) is 0.469. The molecule has 1 unspecified atom stereocenters. The fourth-order valence-corrected chi connectivity index (χ4v) is 4.29. The van der Waals surface area contributed by atoms with Crippen LogP contribution < -0.4 is 5.32 Å². The molecule has 1 atom stereocenters. The van der Waals surface area contributed by atoms with Crippen LogP contribution in [0.4, 0.5) is 13.8 Å². The summed E-state index contributed by atoms with van der Waals surface area (Å²) in [6.07, 6.45) is 6.86. The van der Waals surface area contributed by atoms with Crippen LogP contribution in [0.1, 0.15) is 42.2 Å². The second kappa shape index (κ2) is 9.78. The number of aromatic nitrogens is 3. The Hall–Kier alpha value is -2.83. The van der Waals surface area contributed by atoms with Crippen LogP contribution in [0.3, 0.4) is 0 Å². The van der Waals surface area contributed by atoms with Gasteiger partial charge < -0.3 is 10.4 Å². The van der Waals surface area contributed by atoms with Gasteiger partial charge in [-0.2, -0.15) is 10.4 Å². The molecule has 0 aliphatic rings. The van der Waals surface area contributed by atoms with Crippen LogP contribution >= 0.6 is 11.3 Å². The second-order valence-electron chi connectivity index (χ2n) is 7.13. The van der Waals surface area contributed by atoms with Gasteiger partial charge in [-0.25, -0.2) is 18.4 Å². The molecule has 0 radical (unpaired) electrons. The summed E-state index contributed by atoms with van der Waals surface area (Å²) in [6, 6.07) is 7.06. The van der Waals surface area contributed by atoms with E-state index in [1.54, 1.807) is 0 Å². The third kappa shape index (κ3) is 5.20. The highest BCUT2D eigenvalue weighted by Gasteiger charge is 2.34.